The van der Waals surface area contributed by atoms with E-state index in [1.807, 2.05) is 23.1 Å². The first kappa shape index (κ1) is 25.3. The third kappa shape index (κ3) is 3.76. The quantitative estimate of drug-likeness (QED) is 0.214. The molecule has 2 aromatic heterocycles. The van der Waals surface area contributed by atoms with Crippen LogP contribution in [0.25, 0.3) is 69.6 Å². The molecule has 3 heterocycles. The van der Waals surface area contributed by atoms with Crippen LogP contribution in [-0.4, -0.2) is 4.57 Å². The summed E-state index contributed by atoms with van der Waals surface area (Å²) in [6, 6.07) is 53.2. The van der Waals surface area contributed by atoms with Crippen LogP contribution in [0, 0.1) is 0 Å². The predicted molar refractivity (Wildman–Crippen MR) is 195 cm³/mol. The minimum atomic E-state index is 0.161. The van der Waals surface area contributed by atoms with E-state index in [2.05, 4.69) is 155 Å². The average Bonchev–Trinajstić information content (AvgIpc) is 3.80. The van der Waals surface area contributed by atoms with Crippen LogP contribution in [0.4, 0.5) is 5.69 Å². The third-order valence-corrected chi connectivity index (χ3v) is 11.7. The van der Waals surface area contributed by atoms with Crippen molar-refractivity contribution >= 4 is 81.5 Å². The summed E-state index contributed by atoms with van der Waals surface area (Å²) in [5.41, 5.74) is 8.74. The minimum Gasteiger partial charge on any atom is -0.368 e. The van der Waals surface area contributed by atoms with Crippen molar-refractivity contribution in [1.82, 2.24) is 4.57 Å². The molecule has 0 saturated carbocycles. The zero-order valence-corrected chi connectivity index (χ0v) is 25.8. The van der Waals surface area contributed by atoms with E-state index in [9.17, 15) is 0 Å². The Morgan fingerprint density at radius 3 is 2.22 bits per heavy atom. The SMILES string of the molecule is c1ccc(-c2cccc3c2sc2ccc4c(c23)SC(c2ccc(-n3c5ccccc5c5c6ccccc6ccc53)cc2)N4)cc1. The van der Waals surface area contributed by atoms with Gasteiger partial charge in [0.25, 0.3) is 0 Å². The van der Waals surface area contributed by atoms with E-state index in [-0.39, 0.29) is 5.37 Å². The van der Waals surface area contributed by atoms with E-state index < -0.39 is 0 Å². The van der Waals surface area contributed by atoms with Crippen LogP contribution in [0.3, 0.4) is 0 Å². The summed E-state index contributed by atoms with van der Waals surface area (Å²) in [5.74, 6) is 0. The van der Waals surface area contributed by atoms with Gasteiger partial charge in [0, 0.05) is 47.2 Å². The van der Waals surface area contributed by atoms with Crippen molar-refractivity contribution in [1.29, 1.82) is 0 Å². The molecule has 9 aromatic rings. The molecule has 0 spiro atoms. The lowest BCUT2D eigenvalue weighted by Crippen LogP contribution is -2.01. The Morgan fingerprint density at radius 2 is 1.33 bits per heavy atom. The van der Waals surface area contributed by atoms with Crippen molar-refractivity contribution in [2.45, 2.75) is 10.3 Å². The number of aromatic nitrogens is 1. The lowest BCUT2D eigenvalue weighted by atomic mass is 10.0. The molecule has 0 fully saturated rings. The van der Waals surface area contributed by atoms with Gasteiger partial charge in [-0.2, -0.15) is 0 Å². The van der Waals surface area contributed by atoms with Crippen LogP contribution in [0.15, 0.2) is 150 Å². The number of nitrogens with zero attached hydrogens (tertiary/aromatic N) is 1. The molecule has 7 aromatic carbocycles. The average molecular weight is 611 g/mol. The smallest absolute Gasteiger partial charge is 0.103 e. The molecular weight excluding hydrogens is 585 g/mol. The van der Waals surface area contributed by atoms with Crippen molar-refractivity contribution < 1.29 is 0 Å². The molecule has 0 amide bonds. The van der Waals surface area contributed by atoms with Gasteiger partial charge in [0.15, 0.2) is 0 Å². The monoisotopic (exact) mass is 610 g/mol. The summed E-state index contributed by atoms with van der Waals surface area (Å²) in [6.45, 7) is 0. The van der Waals surface area contributed by atoms with Crippen molar-refractivity contribution in [3.63, 3.8) is 0 Å². The number of rotatable bonds is 3. The zero-order valence-electron chi connectivity index (χ0n) is 24.2. The Balaban J connectivity index is 1.05. The number of fused-ring (bicyclic) bond motifs is 10. The number of thiophene rings is 1. The summed E-state index contributed by atoms with van der Waals surface area (Å²) >= 11 is 3.84. The van der Waals surface area contributed by atoms with Gasteiger partial charge < -0.3 is 9.88 Å². The van der Waals surface area contributed by atoms with Crippen molar-refractivity contribution in [3.05, 3.63) is 151 Å². The van der Waals surface area contributed by atoms with Crippen LogP contribution in [0.2, 0.25) is 0 Å². The predicted octanol–water partition coefficient (Wildman–Crippen LogP) is 12.2. The van der Waals surface area contributed by atoms with E-state index in [4.69, 9.17) is 0 Å². The third-order valence-electron chi connectivity index (χ3n) is 9.24. The van der Waals surface area contributed by atoms with E-state index in [1.165, 1.54) is 85.7 Å². The molecule has 45 heavy (non-hydrogen) atoms. The Hall–Kier alpha value is -5.03. The molecule has 1 unspecified atom stereocenters. The number of hydrogen-bond donors (Lipinski definition) is 1. The van der Waals surface area contributed by atoms with Crippen LogP contribution in [0.5, 0.6) is 0 Å². The molecule has 0 bridgehead atoms. The molecule has 10 rings (SSSR count). The van der Waals surface area contributed by atoms with Crippen LogP contribution < -0.4 is 5.32 Å². The Kier molecular flexibility index (Phi) is 5.48. The topological polar surface area (TPSA) is 17.0 Å². The van der Waals surface area contributed by atoms with Gasteiger partial charge >= 0.3 is 0 Å². The van der Waals surface area contributed by atoms with Gasteiger partial charge in [-0.05, 0) is 63.9 Å². The minimum absolute atomic E-state index is 0.161. The number of nitrogens with one attached hydrogen (secondary N) is 1. The maximum absolute atomic E-state index is 3.84. The van der Waals surface area contributed by atoms with Gasteiger partial charge in [-0.1, -0.05) is 121 Å². The second-order valence-electron chi connectivity index (χ2n) is 11.7. The van der Waals surface area contributed by atoms with E-state index in [0.717, 1.165) is 0 Å². The van der Waals surface area contributed by atoms with Gasteiger partial charge in [0.05, 0.1) is 11.0 Å². The molecule has 2 nitrogen and oxygen atoms in total. The second kappa shape index (κ2) is 9.73. The molecule has 4 heteroatoms. The Morgan fingerprint density at radius 1 is 0.556 bits per heavy atom. The van der Waals surface area contributed by atoms with E-state index >= 15 is 0 Å². The zero-order chi connectivity index (χ0) is 29.5. The number of benzene rings is 7. The summed E-state index contributed by atoms with van der Waals surface area (Å²) in [7, 11) is 0. The van der Waals surface area contributed by atoms with Crippen molar-refractivity contribution in [2.75, 3.05) is 5.32 Å². The van der Waals surface area contributed by atoms with Gasteiger partial charge in [-0.15, -0.1) is 11.3 Å². The molecule has 1 atom stereocenters. The molecule has 1 N–H and O–H groups in total. The van der Waals surface area contributed by atoms with Crippen LogP contribution in [0.1, 0.15) is 10.9 Å². The lowest BCUT2D eigenvalue weighted by Gasteiger charge is -2.13. The first-order chi connectivity index (χ1) is 22.3. The van der Waals surface area contributed by atoms with Gasteiger partial charge in [-0.25, -0.2) is 0 Å². The summed E-state index contributed by atoms with van der Waals surface area (Å²) in [5, 5.41) is 11.9. The summed E-state index contributed by atoms with van der Waals surface area (Å²) in [4.78, 5) is 1.35. The first-order valence-corrected chi connectivity index (χ1v) is 17.0. The fraction of sp³-hybridized carbons (Fsp3) is 0.0244. The van der Waals surface area contributed by atoms with Crippen LogP contribution >= 0.6 is 23.1 Å². The highest BCUT2D eigenvalue weighted by Crippen LogP contribution is 2.53. The number of hydrogen-bond acceptors (Lipinski definition) is 3. The van der Waals surface area contributed by atoms with Crippen LogP contribution in [-0.2, 0) is 0 Å². The van der Waals surface area contributed by atoms with Crippen molar-refractivity contribution in [3.8, 4) is 16.8 Å². The second-order valence-corrected chi connectivity index (χ2v) is 13.9. The highest BCUT2D eigenvalue weighted by molar-refractivity contribution is 8.00. The van der Waals surface area contributed by atoms with Crippen molar-refractivity contribution in [2.24, 2.45) is 0 Å². The fourth-order valence-corrected chi connectivity index (χ4v) is 9.81. The molecule has 0 aliphatic carbocycles. The van der Waals surface area contributed by atoms with E-state index in [0.29, 0.717) is 0 Å². The fourth-order valence-electron chi connectivity index (χ4n) is 7.20. The van der Waals surface area contributed by atoms with Gasteiger partial charge in [0.2, 0.25) is 0 Å². The standard InChI is InChI=1S/C41H26N2S2/c1-2-9-25(10-3-1)30-14-8-15-32-38-36(44-39(30)32)24-22-33-40(38)45-41(42-33)27-17-20-28(21-18-27)43-34-16-7-6-13-31(34)37-29-12-5-4-11-26(29)19-23-35(37)43/h1-24,41-42H. The highest BCUT2D eigenvalue weighted by atomic mass is 32.2. The first-order valence-electron chi connectivity index (χ1n) is 15.3. The van der Waals surface area contributed by atoms with Gasteiger partial charge in [-0.3, -0.25) is 0 Å². The summed E-state index contributed by atoms with van der Waals surface area (Å²) < 4.78 is 5.12. The molecule has 0 radical (unpaired) electrons. The maximum Gasteiger partial charge on any atom is 0.103 e. The lowest BCUT2D eigenvalue weighted by molar-refractivity contribution is 1.12. The normalized spacial score (nSPS) is 14.5. The summed E-state index contributed by atoms with van der Waals surface area (Å²) in [6.07, 6.45) is 0. The van der Waals surface area contributed by atoms with E-state index in [1.54, 1.807) is 0 Å². The Labute approximate surface area is 268 Å². The maximum atomic E-state index is 3.84. The molecular formula is C41H26N2S2. The Bertz CT molecular complexity index is 2590. The molecule has 212 valence electrons. The number of anilines is 1. The molecule has 0 saturated heterocycles. The largest absolute Gasteiger partial charge is 0.368 e. The highest BCUT2D eigenvalue weighted by Gasteiger charge is 2.27. The molecule has 1 aliphatic rings. The number of para-hydroxylation sites is 1. The van der Waals surface area contributed by atoms with Gasteiger partial charge in [0.1, 0.15) is 5.37 Å². The number of thioether (sulfide) groups is 1. The molecule has 1 aliphatic heterocycles.